The zero-order valence-electron chi connectivity index (χ0n) is 39.9. The van der Waals surface area contributed by atoms with Gasteiger partial charge < -0.3 is 13.7 Å². The maximum Gasteiger partial charge on any atom is 0.0491 e. The Morgan fingerprint density at radius 2 is 0.621 bits per heavy atom. The van der Waals surface area contributed by atoms with Crippen LogP contribution in [-0.2, 0) is 21.1 Å². The summed E-state index contributed by atoms with van der Waals surface area (Å²) in [5, 5.41) is 8.15. The molecular weight excluding hydrogens is 703 g/mol. The van der Waals surface area contributed by atoms with Crippen LogP contribution in [0.3, 0.4) is 0 Å². The summed E-state index contributed by atoms with van der Waals surface area (Å²) in [4.78, 5) is 0. The monoisotopic (exact) mass is 780 g/mol. The third-order valence-corrected chi connectivity index (χ3v) is 9.53. The first-order valence-electron chi connectivity index (χ1n) is 22.0. The number of aryl methyl sites for hydroxylation is 7. The van der Waals surface area contributed by atoms with Crippen LogP contribution in [0.1, 0.15) is 105 Å². The van der Waals surface area contributed by atoms with Crippen LogP contribution in [-0.4, -0.2) is 13.7 Å². The minimum absolute atomic E-state index is 1.30. The highest BCUT2D eigenvalue weighted by molar-refractivity contribution is 6.10. The number of rotatable bonds is 0. The normalized spacial score (nSPS) is 9.64. The van der Waals surface area contributed by atoms with Crippen molar-refractivity contribution in [3.05, 3.63) is 144 Å². The fourth-order valence-corrected chi connectivity index (χ4v) is 7.11. The molecule has 0 fully saturated rings. The molecule has 9 aromatic rings. The van der Waals surface area contributed by atoms with Crippen molar-refractivity contribution in [3.63, 3.8) is 0 Å². The number of hydrogen-bond donors (Lipinski definition) is 0. The Bertz CT molecular complexity index is 2550. The SMILES string of the molecule is CC.CC.CC.CC.CC.CC.Cc1ccc2c(c1)c1c(C)cccc1n2C.Cc1ccc2c(c1)c1ccccc1n2C.Cc1ccc2c3ccccc3n(C)c2c1. The number of fused-ring (bicyclic) bond motifs is 9. The van der Waals surface area contributed by atoms with Gasteiger partial charge in [-0.1, -0.05) is 167 Å². The van der Waals surface area contributed by atoms with Crippen molar-refractivity contribution in [2.24, 2.45) is 21.1 Å². The summed E-state index contributed by atoms with van der Waals surface area (Å²) >= 11 is 0. The molecule has 0 saturated heterocycles. The van der Waals surface area contributed by atoms with E-state index < -0.39 is 0 Å². The number of nitrogens with zero attached hydrogens (tertiary/aromatic N) is 3. The molecule has 0 N–H and O–H groups in total. The van der Waals surface area contributed by atoms with E-state index in [4.69, 9.17) is 0 Å². The summed E-state index contributed by atoms with van der Waals surface area (Å²) in [7, 11) is 6.39. The standard InChI is InChI=1S/C15H15N.2C14H13N.6C2H6/c1-10-7-8-13-12(9-10)15-11(2)5-4-6-14(15)16(13)3;1-10-7-8-14-12(9-10)11-5-3-4-6-13(11)15(14)2;1-10-7-8-12-11-5-3-4-6-13(11)15(2)14(12)9-10;6*1-2/h4-9H,1-3H3;2*3-9H,1-2H3;6*1-2H3. The van der Waals surface area contributed by atoms with Crippen molar-refractivity contribution < 1.29 is 0 Å². The molecule has 3 aromatic heterocycles. The van der Waals surface area contributed by atoms with Gasteiger partial charge in [-0.25, -0.2) is 0 Å². The van der Waals surface area contributed by atoms with E-state index in [-0.39, 0.29) is 0 Å². The predicted molar refractivity (Wildman–Crippen MR) is 268 cm³/mol. The maximum atomic E-state index is 2.28. The summed E-state index contributed by atoms with van der Waals surface area (Å²) in [6.45, 7) is 32.6. The summed E-state index contributed by atoms with van der Waals surface area (Å²) in [5.74, 6) is 0. The molecule has 0 spiro atoms. The van der Waals surface area contributed by atoms with Crippen LogP contribution in [0.5, 0.6) is 0 Å². The van der Waals surface area contributed by atoms with Crippen LogP contribution in [0, 0.1) is 27.7 Å². The zero-order valence-corrected chi connectivity index (χ0v) is 39.9. The molecule has 0 unspecified atom stereocenters. The Labute approximate surface area is 353 Å². The summed E-state index contributed by atoms with van der Waals surface area (Å²) < 4.78 is 6.79. The van der Waals surface area contributed by atoms with Crippen LogP contribution in [0.4, 0.5) is 0 Å². The molecule has 312 valence electrons. The Balaban J connectivity index is 0.000000385. The Hall–Kier alpha value is -5.28. The molecule has 0 saturated carbocycles. The smallest absolute Gasteiger partial charge is 0.0491 e. The molecule has 3 nitrogen and oxygen atoms in total. The van der Waals surface area contributed by atoms with Gasteiger partial charge in [-0.3, -0.25) is 0 Å². The van der Waals surface area contributed by atoms with Crippen LogP contribution in [0.25, 0.3) is 65.4 Å². The van der Waals surface area contributed by atoms with Crippen LogP contribution < -0.4 is 0 Å². The van der Waals surface area contributed by atoms with Crippen LogP contribution in [0.2, 0.25) is 0 Å². The third kappa shape index (κ3) is 11.2. The third-order valence-electron chi connectivity index (χ3n) is 9.53. The van der Waals surface area contributed by atoms with Crippen molar-refractivity contribution in [2.75, 3.05) is 0 Å². The Morgan fingerprint density at radius 1 is 0.276 bits per heavy atom. The van der Waals surface area contributed by atoms with E-state index in [1.54, 1.807) is 0 Å². The largest absolute Gasteiger partial charge is 0.344 e. The van der Waals surface area contributed by atoms with Gasteiger partial charge in [0, 0.05) is 86.6 Å². The molecule has 0 radical (unpaired) electrons. The Kier molecular flexibility index (Phi) is 22.6. The number of para-hydroxylation sites is 2. The van der Waals surface area contributed by atoms with E-state index in [0.717, 1.165) is 0 Å². The van der Waals surface area contributed by atoms with E-state index >= 15 is 0 Å². The molecule has 6 aromatic carbocycles. The van der Waals surface area contributed by atoms with E-state index in [1.807, 2.05) is 83.1 Å². The van der Waals surface area contributed by atoms with Crippen LogP contribution >= 0.6 is 0 Å². The summed E-state index contributed by atoms with van der Waals surface area (Å²) in [6.07, 6.45) is 0. The highest BCUT2D eigenvalue weighted by atomic mass is 14.9. The van der Waals surface area contributed by atoms with Crippen molar-refractivity contribution >= 4 is 65.4 Å². The maximum absolute atomic E-state index is 2.28. The van der Waals surface area contributed by atoms with Crippen molar-refractivity contribution in [2.45, 2.75) is 111 Å². The molecule has 0 atom stereocenters. The highest BCUT2D eigenvalue weighted by Crippen LogP contribution is 2.32. The number of benzene rings is 6. The van der Waals surface area contributed by atoms with Gasteiger partial charge in [0.1, 0.15) is 0 Å². The van der Waals surface area contributed by atoms with Crippen molar-refractivity contribution in [1.29, 1.82) is 0 Å². The van der Waals surface area contributed by atoms with Gasteiger partial charge in [0.15, 0.2) is 0 Å². The molecule has 9 rings (SSSR count). The molecule has 0 amide bonds. The highest BCUT2D eigenvalue weighted by Gasteiger charge is 2.10. The fourth-order valence-electron chi connectivity index (χ4n) is 7.11. The predicted octanol–water partition coefficient (Wildman–Crippen LogP) is 17.4. The minimum atomic E-state index is 1.30. The van der Waals surface area contributed by atoms with E-state index in [1.165, 1.54) is 87.7 Å². The average molecular weight is 780 g/mol. The first kappa shape index (κ1) is 50.7. The minimum Gasteiger partial charge on any atom is -0.344 e. The number of aromatic nitrogens is 3. The molecule has 0 aliphatic heterocycles. The molecule has 3 heteroatoms. The lowest BCUT2D eigenvalue weighted by atomic mass is 10.1. The molecule has 58 heavy (non-hydrogen) atoms. The second-order valence-corrected chi connectivity index (χ2v) is 12.7. The van der Waals surface area contributed by atoms with Gasteiger partial charge in [0.05, 0.1) is 0 Å². The van der Waals surface area contributed by atoms with Crippen molar-refractivity contribution in [3.8, 4) is 0 Å². The molecule has 0 aliphatic carbocycles. The summed E-state index contributed by atoms with van der Waals surface area (Å²) in [5.41, 5.74) is 13.2. The van der Waals surface area contributed by atoms with Crippen LogP contribution in [0.15, 0.2) is 121 Å². The Morgan fingerprint density at radius 3 is 1.16 bits per heavy atom. The second kappa shape index (κ2) is 25.9. The lowest BCUT2D eigenvalue weighted by molar-refractivity contribution is 1.01. The van der Waals surface area contributed by atoms with Crippen molar-refractivity contribution in [1.82, 2.24) is 13.7 Å². The summed E-state index contributed by atoms with van der Waals surface area (Å²) in [6, 6.07) is 43.5. The van der Waals surface area contributed by atoms with Gasteiger partial charge in [0.2, 0.25) is 0 Å². The average Bonchev–Trinajstić information content (AvgIpc) is 3.85. The van der Waals surface area contributed by atoms with Gasteiger partial charge in [-0.15, -0.1) is 0 Å². The van der Waals surface area contributed by atoms with Gasteiger partial charge in [0.25, 0.3) is 0 Å². The quantitative estimate of drug-likeness (QED) is 0.146. The molecule has 3 heterocycles. The van der Waals surface area contributed by atoms with E-state index in [2.05, 4.69) is 184 Å². The second-order valence-electron chi connectivity index (χ2n) is 12.7. The van der Waals surface area contributed by atoms with Gasteiger partial charge in [-0.05, 0) is 87.4 Å². The lowest BCUT2D eigenvalue weighted by Crippen LogP contribution is -1.86. The lowest BCUT2D eigenvalue weighted by Gasteiger charge is -1.97. The molecule has 0 bridgehead atoms. The molecular formula is C55H77N3. The number of hydrogen-bond acceptors (Lipinski definition) is 0. The topological polar surface area (TPSA) is 14.8 Å². The van der Waals surface area contributed by atoms with Gasteiger partial charge in [-0.2, -0.15) is 0 Å². The molecule has 0 aliphatic rings. The first-order chi connectivity index (χ1) is 28.2. The fraction of sp³-hybridized carbons (Fsp3) is 0.345. The zero-order chi connectivity index (χ0) is 44.1. The first-order valence-corrected chi connectivity index (χ1v) is 22.0. The van der Waals surface area contributed by atoms with Gasteiger partial charge >= 0.3 is 0 Å². The van der Waals surface area contributed by atoms with E-state index in [0.29, 0.717) is 0 Å². The van der Waals surface area contributed by atoms with E-state index in [9.17, 15) is 0 Å².